The first-order chi connectivity index (χ1) is 9.88. The van der Waals surface area contributed by atoms with Crippen LogP contribution in [0.3, 0.4) is 0 Å². The number of ether oxygens (including phenoxy) is 1. The van der Waals surface area contributed by atoms with Crippen LogP contribution in [0.15, 0.2) is 30.3 Å². The quantitative estimate of drug-likeness (QED) is 0.844. The van der Waals surface area contributed by atoms with Gasteiger partial charge in [0, 0.05) is 5.56 Å². The second-order valence-electron chi connectivity index (χ2n) is 5.18. The summed E-state index contributed by atoms with van der Waals surface area (Å²) in [5, 5.41) is 0.516. The molecule has 4 heteroatoms. The van der Waals surface area contributed by atoms with E-state index in [0.717, 1.165) is 5.56 Å². The third-order valence-corrected chi connectivity index (χ3v) is 3.96. The number of aryl methyl sites for hydroxylation is 3. The van der Waals surface area contributed by atoms with Gasteiger partial charge >= 0.3 is 0 Å². The molecule has 0 radical (unpaired) electrons. The molecule has 0 bridgehead atoms. The van der Waals surface area contributed by atoms with Gasteiger partial charge in [0.05, 0.1) is 5.02 Å². The van der Waals surface area contributed by atoms with Crippen molar-refractivity contribution in [1.82, 2.24) is 0 Å². The lowest BCUT2D eigenvalue weighted by atomic mass is 10.0. The van der Waals surface area contributed by atoms with Crippen molar-refractivity contribution in [2.24, 2.45) is 5.73 Å². The van der Waals surface area contributed by atoms with Gasteiger partial charge in [-0.1, -0.05) is 41.5 Å². The second kappa shape index (κ2) is 6.46. The summed E-state index contributed by atoms with van der Waals surface area (Å²) in [5.74, 6) is 0.635. The molecule has 0 atom stereocenters. The van der Waals surface area contributed by atoms with Crippen LogP contribution in [0, 0.1) is 20.8 Å². The number of thiocarbonyl (C=S) groups is 1. The van der Waals surface area contributed by atoms with Gasteiger partial charge in [-0.25, -0.2) is 0 Å². The molecule has 0 unspecified atom stereocenters. The fourth-order valence-electron chi connectivity index (χ4n) is 2.36. The first-order valence-electron chi connectivity index (χ1n) is 6.67. The van der Waals surface area contributed by atoms with E-state index in [1.807, 2.05) is 6.07 Å². The summed E-state index contributed by atoms with van der Waals surface area (Å²) in [7, 11) is 0. The van der Waals surface area contributed by atoms with Gasteiger partial charge in [-0.15, -0.1) is 0 Å². The summed E-state index contributed by atoms with van der Waals surface area (Å²) in [6, 6.07) is 9.66. The van der Waals surface area contributed by atoms with Crippen LogP contribution >= 0.6 is 23.8 Å². The number of hydrogen-bond donors (Lipinski definition) is 1. The van der Waals surface area contributed by atoms with E-state index < -0.39 is 0 Å². The SMILES string of the molecule is Cc1cc(C)c(COc2ccc(C(N)=S)cc2Cl)c(C)c1. The van der Waals surface area contributed by atoms with Gasteiger partial charge in [-0.2, -0.15) is 0 Å². The van der Waals surface area contributed by atoms with Crippen LogP contribution in [0.1, 0.15) is 27.8 Å². The van der Waals surface area contributed by atoms with Crippen LogP contribution in [0.4, 0.5) is 0 Å². The maximum atomic E-state index is 6.20. The molecule has 0 saturated carbocycles. The zero-order valence-corrected chi connectivity index (χ0v) is 13.9. The minimum atomic E-state index is 0.327. The normalized spacial score (nSPS) is 10.5. The average molecular weight is 320 g/mol. The van der Waals surface area contributed by atoms with E-state index in [9.17, 15) is 0 Å². The Morgan fingerprint density at radius 1 is 1.14 bits per heavy atom. The topological polar surface area (TPSA) is 35.2 Å². The minimum absolute atomic E-state index is 0.327. The zero-order chi connectivity index (χ0) is 15.6. The Hall–Kier alpha value is -1.58. The fraction of sp³-hybridized carbons (Fsp3) is 0.235. The summed E-state index contributed by atoms with van der Waals surface area (Å²) < 4.78 is 5.84. The van der Waals surface area contributed by atoms with Gasteiger partial charge in [-0.3, -0.25) is 0 Å². The highest BCUT2D eigenvalue weighted by Crippen LogP contribution is 2.27. The van der Waals surface area contributed by atoms with Crippen molar-refractivity contribution < 1.29 is 4.74 Å². The molecule has 21 heavy (non-hydrogen) atoms. The highest BCUT2D eigenvalue weighted by Gasteiger charge is 2.08. The third-order valence-electron chi connectivity index (χ3n) is 3.43. The Balaban J connectivity index is 2.19. The predicted molar refractivity (Wildman–Crippen MR) is 92.3 cm³/mol. The van der Waals surface area contributed by atoms with Crippen molar-refractivity contribution >= 4 is 28.8 Å². The van der Waals surface area contributed by atoms with E-state index in [1.54, 1.807) is 12.1 Å². The van der Waals surface area contributed by atoms with Crippen LogP contribution < -0.4 is 10.5 Å². The molecule has 0 fully saturated rings. The van der Waals surface area contributed by atoms with Crippen LogP contribution in [-0.2, 0) is 6.61 Å². The largest absolute Gasteiger partial charge is 0.487 e. The van der Waals surface area contributed by atoms with Crippen LogP contribution in [0.25, 0.3) is 0 Å². The number of rotatable bonds is 4. The molecule has 0 heterocycles. The molecule has 0 aliphatic carbocycles. The summed E-state index contributed by atoms with van der Waals surface area (Å²) in [6.07, 6.45) is 0. The summed E-state index contributed by atoms with van der Waals surface area (Å²) >= 11 is 11.1. The Morgan fingerprint density at radius 3 is 2.29 bits per heavy atom. The van der Waals surface area contributed by atoms with Crippen molar-refractivity contribution in [3.05, 3.63) is 63.2 Å². The number of halogens is 1. The number of hydrogen-bond acceptors (Lipinski definition) is 2. The first-order valence-corrected chi connectivity index (χ1v) is 7.46. The summed E-state index contributed by atoms with van der Waals surface area (Å²) in [6.45, 7) is 6.77. The minimum Gasteiger partial charge on any atom is -0.487 e. The van der Waals surface area contributed by atoms with Gasteiger partial charge in [0.1, 0.15) is 17.3 Å². The molecule has 0 amide bonds. The number of nitrogens with two attached hydrogens (primary N) is 1. The Kier molecular flexibility index (Phi) is 4.86. The molecule has 2 N–H and O–H groups in total. The smallest absolute Gasteiger partial charge is 0.138 e. The molecule has 110 valence electrons. The zero-order valence-electron chi connectivity index (χ0n) is 12.4. The highest BCUT2D eigenvalue weighted by atomic mass is 35.5. The van der Waals surface area contributed by atoms with Gasteiger partial charge in [0.25, 0.3) is 0 Å². The molecule has 0 aliphatic heterocycles. The predicted octanol–water partition coefficient (Wildman–Crippen LogP) is 4.48. The van der Waals surface area contributed by atoms with Crippen molar-refractivity contribution in [3.8, 4) is 5.75 Å². The van der Waals surface area contributed by atoms with E-state index in [1.165, 1.54) is 22.3 Å². The van der Waals surface area contributed by atoms with Gasteiger partial charge < -0.3 is 10.5 Å². The Labute approximate surface area is 135 Å². The number of benzene rings is 2. The molecule has 2 nitrogen and oxygen atoms in total. The lowest BCUT2D eigenvalue weighted by molar-refractivity contribution is 0.305. The maximum Gasteiger partial charge on any atom is 0.138 e. The molecule has 2 aromatic carbocycles. The summed E-state index contributed by atoms with van der Waals surface area (Å²) in [5.41, 5.74) is 11.2. The lowest BCUT2D eigenvalue weighted by Crippen LogP contribution is -2.09. The lowest BCUT2D eigenvalue weighted by Gasteiger charge is -2.14. The van der Waals surface area contributed by atoms with E-state index in [0.29, 0.717) is 22.4 Å². The van der Waals surface area contributed by atoms with Gasteiger partial charge in [0.2, 0.25) is 0 Å². The Morgan fingerprint density at radius 2 is 1.76 bits per heavy atom. The Bertz CT molecular complexity index is 674. The maximum absolute atomic E-state index is 6.20. The van der Waals surface area contributed by atoms with Crippen molar-refractivity contribution in [1.29, 1.82) is 0 Å². The van der Waals surface area contributed by atoms with Crippen molar-refractivity contribution in [2.45, 2.75) is 27.4 Å². The van der Waals surface area contributed by atoms with Gasteiger partial charge in [0.15, 0.2) is 0 Å². The molecular weight excluding hydrogens is 302 g/mol. The molecule has 0 spiro atoms. The monoisotopic (exact) mass is 319 g/mol. The molecule has 0 aromatic heterocycles. The molecular formula is C17H18ClNOS. The average Bonchev–Trinajstić information content (AvgIpc) is 2.38. The highest BCUT2D eigenvalue weighted by molar-refractivity contribution is 7.80. The van der Waals surface area contributed by atoms with Crippen LogP contribution in [0.2, 0.25) is 5.02 Å². The molecule has 2 rings (SSSR count). The van der Waals surface area contributed by atoms with Crippen molar-refractivity contribution in [2.75, 3.05) is 0 Å². The second-order valence-corrected chi connectivity index (χ2v) is 6.02. The van der Waals surface area contributed by atoms with E-state index >= 15 is 0 Å². The van der Waals surface area contributed by atoms with Crippen LogP contribution in [0.5, 0.6) is 5.75 Å². The molecule has 0 saturated heterocycles. The summed E-state index contributed by atoms with van der Waals surface area (Å²) in [4.78, 5) is 0.327. The van der Waals surface area contributed by atoms with Crippen LogP contribution in [-0.4, -0.2) is 4.99 Å². The third kappa shape index (κ3) is 3.74. The van der Waals surface area contributed by atoms with E-state index in [2.05, 4.69) is 32.9 Å². The standard InChI is InChI=1S/C17H18ClNOS/c1-10-6-11(2)14(12(3)7-10)9-20-16-5-4-13(17(19)21)8-15(16)18/h4-8H,9H2,1-3H3,(H2,19,21). The van der Waals surface area contributed by atoms with E-state index in [4.69, 9.17) is 34.3 Å². The fourth-order valence-corrected chi connectivity index (χ4v) is 2.72. The van der Waals surface area contributed by atoms with E-state index in [-0.39, 0.29) is 0 Å². The molecule has 0 aliphatic rings. The van der Waals surface area contributed by atoms with Gasteiger partial charge in [-0.05, 0) is 55.7 Å². The molecule has 2 aromatic rings. The first kappa shape index (κ1) is 15.8. The van der Waals surface area contributed by atoms with Crippen molar-refractivity contribution in [3.63, 3.8) is 0 Å².